The SMILES string of the molecule is CC[C@H](C)c1ccc(-n2c(SCC(=O)Nc3ccccc3C(=O)O)nc3ccccc3c2=O)cc1. The van der Waals surface area contributed by atoms with E-state index >= 15 is 0 Å². The summed E-state index contributed by atoms with van der Waals surface area (Å²) in [5.41, 5.74) is 2.40. The van der Waals surface area contributed by atoms with Crippen LogP contribution in [0.5, 0.6) is 0 Å². The van der Waals surface area contributed by atoms with Crippen LogP contribution < -0.4 is 10.9 Å². The number of benzene rings is 3. The number of aromatic nitrogens is 2. The Morgan fingerprint density at radius 3 is 2.43 bits per heavy atom. The van der Waals surface area contributed by atoms with Gasteiger partial charge in [-0.2, -0.15) is 0 Å². The first-order valence-corrected chi connectivity index (χ1v) is 12.2. The standard InChI is InChI=1S/C27H25N3O4S/c1-3-17(2)18-12-14-19(15-13-18)30-25(32)20-8-4-6-10-22(20)29-27(30)35-16-24(31)28-23-11-7-5-9-21(23)26(33)34/h4-15,17H,3,16H2,1-2H3,(H,28,31)(H,33,34)/t17-/m0/s1. The van der Waals surface area contributed by atoms with Gasteiger partial charge in [-0.1, -0.05) is 62.0 Å². The van der Waals surface area contributed by atoms with Crippen molar-refractivity contribution in [2.75, 3.05) is 11.1 Å². The van der Waals surface area contributed by atoms with Gasteiger partial charge in [-0.15, -0.1) is 0 Å². The first kappa shape index (κ1) is 24.2. The molecule has 1 aromatic heterocycles. The Kier molecular flexibility index (Phi) is 7.31. The molecule has 4 aromatic rings. The third-order valence-electron chi connectivity index (χ3n) is 5.84. The Labute approximate surface area is 206 Å². The van der Waals surface area contributed by atoms with E-state index in [1.165, 1.54) is 22.3 Å². The van der Waals surface area contributed by atoms with Crippen LogP contribution in [0.4, 0.5) is 5.69 Å². The summed E-state index contributed by atoms with van der Waals surface area (Å²) >= 11 is 1.12. The lowest BCUT2D eigenvalue weighted by Crippen LogP contribution is -2.23. The molecule has 8 heteroatoms. The predicted molar refractivity (Wildman–Crippen MR) is 139 cm³/mol. The first-order valence-electron chi connectivity index (χ1n) is 11.3. The topological polar surface area (TPSA) is 101 Å². The van der Waals surface area contributed by atoms with Gasteiger partial charge in [0.1, 0.15) is 0 Å². The average molecular weight is 488 g/mol. The number of hydrogen-bond acceptors (Lipinski definition) is 5. The van der Waals surface area contributed by atoms with Crippen LogP contribution in [0.1, 0.15) is 42.1 Å². The molecule has 2 N–H and O–H groups in total. The number of rotatable bonds is 8. The highest BCUT2D eigenvalue weighted by molar-refractivity contribution is 7.99. The minimum Gasteiger partial charge on any atom is -0.478 e. The van der Waals surface area contributed by atoms with E-state index in [0.29, 0.717) is 27.7 Å². The minimum atomic E-state index is -1.13. The summed E-state index contributed by atoms with van der Waals surface area (Å²) in [7, 11) is 0. The number of amides is 1. The maximum absolute atomic E-state index is 13.4. The van der Waals surface area contributed by atoms with Gasteiger partial charge in [0.05, 0.1) is 33.6 Å². The van der Waals surface area contributed by atoms with Crippen LogP contribution in [-0.4, -0.2) is 32.3 Å². The Morgan fingerprint density at radius 1 is 1.03 bits per heavy atom. The molecule has 4 rings (SSSR count). The van der Waals surface area contributed by atoms with Crippen LogP contribution in [-0.2, 0) is 4.79 Å². The lowest BCUT2D eigenvalue weighted by molar-refractivity contribution is -0.113. The number of hydrogen-bond donors (Lipinski definition) is 2. The molecule has 1 amide bonds. The van der Waals surface area contributed by atoms with Gasteiger partial charge in [0.2, 0.25) is 5.91 Å². The molecule has 0 unspecified atom stereocenters. The van der Waals surface area contributed by atoms with Gasteiger partial charge in [-0.3, -0.25) is 14.2 Å². The maximum atomic E-state index is 13.4. The Balaban J connectivity index is 1.66. The lowest BCUT2D eigenvalue weighted by atomic mass is 9.98. The quantitative estimate of drug-likeness (QED) is 0.257. The molecule has 35 heavy (non-hydrogen) atoms. The number of carboxylic acids is 1. The molecule has 1 atom stereocenters. The van der Waals surface area contributed by atoms with Crippen LogP contribution in [0.15, 0.2) is 82.7 Å². The second-order valence-electron chi connectivity index (χ2n) is 8.14. The van der Waals surface area contributed by atoms with E-state index in [9.17, 15) is 19.5 Å². The van der Waals surface area contributed by atoms with E-state index < -0.39 is 11.9 Å². The summed E-state index contributed by atoms with van der Waals surface area (Å²) in [6, 6.07) is 21.1. The van der Waals surface area contributed by atoms with Crippen molar-refractivity contribution in [1.82, 2.24) is 9.55 Å². The Morgan fingerprint density at radius 2 is 1.71 bits per heavy atom. The van der Waals surface area contributed by atoms with Crippen molar-refractivity contribution < 1.29 is 14.7 Å². The van der Waals surface area contributed by atoms with Crippen molar-refractivity contribution >= 4 is 40.2 Å². The maximum Gasteiger partial charge on any atom is 0.337 e. The summed E-state index contributed by atoms with van der Waals surface area (Å²) in [5, 5.41) is 12.9. The third-order valence-corrected chi connectivity index (χ3v) is 6.78. The fourth-order valence-corrected chi connectivity index (χ4v) is 4.53. The Hall–Kier alpha value is -3.91. The molecular formula is C27H25N3O4S. The van der Waals surface area contributed by atoms with Crippen molar-refractivity contribution in [2.45, 2.75) is 31.3 Å². The summed E-state index contributed by atoms with van der Waals surface area (Å²) < 4.78 is 1.52. The van der Waals surface area contributed by atoms with Gasteiger partial charge in [-0.25, -0.2) is 9.78 Å². The number of carbonyl (C=O) groups excluding carboxylic acids is 1. The van der Waals surface area contributed by atoms with Crippen molar-refractivity contribution in [3.8, 4) is 5.69 Å². The van der Waals surface area contributed by atoms with E-state index in [4.69, 9.17) is 0 Å². The van der Waals surface area contributed by atoms with Gasteiger partial charge < -0.3 is 10.4 Å². The number of carbonyl (C=O) groups is 2. The number of aromatic carboxylic acids is 1. The number of para-hydroxylation sites is 2. The highest BCUT2D eigenvalue weighted by Gasteiger charge is 2.17. The van der Waals surface area contributed by atoms with E-state index in [1.54, 1.807) is 30.3 Å². The smallest absolute Gasteiger partial charge is 0.337 e. The third kappa shape index (κ3) is 5.27. The van der Waals surface area contributed by atoms with Gasteiger partial charge in [0.25, 0.3) is 5.56 Å². The monoisotopic (exact) mass is 487 g/mol. The normalized spacial score (nSPS) is 11.8. The van der Waals surface area contributed by atoms with Crippen LogP contribution in [0.2, 0.25) is 0 Å². The van der Waals surface area contributed by atoms with Crippen LogP contribution in [0.25, 0.3) is 16.6 Å². The number of nitrogens with one attached hydrogen (secondary N) is 1. The second kappa shape index (κ2) is 10.6. The summed E-state index contributed by atoms with van der Waals surface area (Å²) in [6.07, 6.45) is 1.01. The molecule has 7 nitrogen and oxygen atoms in total. The molecule has 0 aliphatic heterocycles. The molecule has 178 valence electrons. The van der Waals surface area contributed by atoms with Gasteiger partial charge >= 0.3 is 5.97 Å². The van der Waals surface area contributed by atoms with Crippen LogP contribution in [0, 0.1) is 0 Å². The van der Waals surface area contributed by atoms with E-state index in [0.717, 1.165) is 18.2 Å². The molecule has 0 spiro atoms. The molecule has 0 saturated heterocycles. The number of nitrogens with zero attached hydrogens (tertiary/aromatic N) is 2. The van der Waals surface area contributed by atoms with Crippen molar-refractivity contribution in [1.29, 1.82) is 0 Å². The molecule has 0 saturated carbocycles. The number of carboxylic acid groups (broad SMARTS) is 1. The molecule has 0 aliphatic rings. The van der Waals surface area contributed by atoms with Crippen molar-refractivity contribution in [2.24, 2.45) is 0 Å². The summed E-state index contributed by atoms with van der Waals surface area (Å²) in [6.45, 7) is 4.28. The van der Waals surface area contributed by atoms with E-state index in [-0.39, 0.29) is 22.6 Å². The molecule has 3 aromatic carbocycles. The molecule has 0 aliphatic carbocycles. The summed E-state index contributed by atoms with van der Waals surface area (Å²) in [4.78, 5) is 42.2. The molecule has 0 fully saturated rings. The predicted octanol–water partition coefficient (Wildman–Crippen LogP) is 5.33. The largest absolute Gasteiger partial charge is 0.478 e. The number of fused-ring (bicyclic) bond motifs is 1. The minimum absolute atomic E-state index is 0.00739. The second-order valence-corrected chi connectivity index (χ2v) is 9.08. The van der Waals surface area contributed by atoms with E-state index in [2.05, 4.69) is 24.1 Å². The fourth-order valence-electron chi connectivity index (χ4n) is 3.72. The Bertz CT molecular complexity index is 1450. The lowest BCUT2D eigenvalue weighted by Gasteiger charge is -2.15. The van der Waals surface area contributed by atoms with Crippen LogP contribution >= 0.6 is 11.8 Å². The van der Waals surface area contributed by atoms with Gasteiger partial charge in [0, 0.05) is 0 Å². The van der Waals surface area contributed by atoms with Crippen LogP contribution in [0.3, 0.4) is 0 Å². The molecular weight excluding hydrogens is 462 g/mol. The van der Waals surface area contributed by atoms with Crippen molar-refractivity contribution in [3.63, 3.8) is 0 Å². The highest BCUT2D eigenvalue weighted by Crippen LogP contribution is 2.24. The molecule has 0 bridgehead atoms. The number of thioether (sulfide) groups is 1. The highest BCUT2D eigenvalue weighted by atomic mass is 32.2. The van der Waals surface area contributed by atoms with Gasteiger partial charge in [-0.05, 0) is 54.3 Å². The number of anilines is 1. The fraction of sp³-hybridized carbons (Fsp3) is 0.185. The zero-order valence-corrected chi connectivity index (χ0v) is 20.2. The zero-order valence-electron chi connectivity index (χ0n) is 19.4. The molecule has 1 heterocycles. The summed E-state index contributed by atoms with van der Waals surface area (Å²) in [5.74, 6) is -1.17. The first-order chi connectivity index (χ1) is 16.9. The van der Waals surface area contributed by atoms with Crippen molar-refractivity contribution in [3.05, 3.63) is 94.3 Å². The zero-order chi connectivity index (χ0) is 24.9. The van der Waals surface area contributed by atoms with Gasteiger partial charge in [0.15, 0.2) is 5.16 Å². The molecule has 0 radical (unpaired) electrons. The average Bonchev–Trinajstić information content (AvgIpc) is 2.87. The van der Waals surface area contributed by atoms with E-state index in [1.807, 2.05) is 30.3 Å².